The maximum absolute atomic E-state index is 13.9. The van der Waals surface area contributed by atoms with E-state index < -0.39 is 5.60 Å². The molecule has 1 fully saturated rings. The molecule has 0 radical (unpaired) electrons. The van der Waals surface area contributed by atoms with Crippen LogP contribution in [0.15, 0.2) is 42.7 Å². The molecule has 1 aromatic carbocycles. The van der Waals surface area contributed by atoms with Gasteiger partial charge in [-0.05, 0) is 17.7 Å². The topological polar surface area (TPSA) is 58.5 Å². The molecule has 1 saturated heterocycles. The smallest absolute Gasteiger partial charge is 0.225 e. The highest BCUT2D eigenvalue weighted by Gasteiger charge is 2.38. The van der Waals surface area contributed by atoms with Crippen molar-refractivity contribution in [3.63, 3.8) is 0 Å². The van der Waals surface area contributed by atoms with Gasteiger partial charge in [-0.1, -0.05) is 18.2 Å². The van der Waals surface area contributed by atoms with Crippen molar-refractivity contribution in [1.82, 2.24) is 9.97 Å². The number of hydrogen-bond acceptors (Lipinski definition) is 5. The van der Waals surface area contributed by atoms with Gasteiger partial charge >= 0.3 is 0 Å². The van der Waals surface area contributed by atoms with Crippen molar-refractivity contribution < 1.29 is 14.2 Å². The minimum atomic E-state index is -0.848. The molecule has 1 aliphatic rings. The molecule has 2 heterocycles. The second-order valence-electron chi connectivity index (χ2n) is 5.43. The zero-order chi connectivity index (χ0) is 15.4. The summed E-state index contributed by atoms with van der Waals surface area (Å²) in [6.45, 7) is 1.31. The van der Waals surface area contributed by atoms with Crippen molar-refractivity contribution in [3.8, 4) is 0 Å². The average Bonchev–Trinajstić information content (AvgIpc) is 2.58. The Hall–Kier alpha value is -2.05. The molecule has 116 valence electrons. The first-order valence-corrected chi connectivity index (χ1v) is 7.23. The maximum atomic E-state index is 13.9. The van der Waals surface area contributed by atoms with E-state index in [2.05, 4.69) is 9.97 Å². The second kappa shape index (κ2) is 6.37. The fourth-order valence-corrected chi connectivity index (χ4v) is 2.72. The van der Waals surface area contributed by atoms with Gasteiger partial charge in [-0.25, -0.2) is 14.4 Å². The number of benzene rings is 1. The standard InChI is InChI=1S/C16H18FN3O2/c17-14-5-2-1-4-13(14)10-16(12-21)11-20(8-9-22-16)15-18-6-3-7-19-15/h1-7,21H,8-12H2/t16-/m1/s1. The zero-order valence-electron chi connectivity index (χ0n) is 12.2. The van der Waals surface area contributed by atoms with Gasteiger partial charge in [0.1, 0.15) is 11.4 Å². The molecule has 1 aliphatic heterocycles. The highest BCUT2D eigenvalue weighted by Crippen LogP contribution is 2.25. The van der Waals surface area contributed by atoms with Crippen LogP contribution in [0.4, 0.5) is 10.3 Å². The van der Waals surface area contributed by atoms with Gasteiger partial charge in [-0.2, -0.15) is 0 Å². The van der Waals surface area contributed by atoms with Gasteiger partial charge in [0.15, 0.2) is 0 Å². The number of aliphatic hydroxyl groups excluding tert-OH is 1. The van der Waals surface area contributed by atoms with Crippen molar-refractivity contribution in [2.24, 2.45) is 0 Å². The van der Waals surface area contributed by atoms with E-state index in [0.29, 0.717) is 37.6 Å². The van der Waals surface area contributed by atoms with Crippen LogP contribution < -0.4 is 4.90 Å². The third kappa shape index (κ3) is 3.08. The first-order chi connectivity index (χ1) is 10.7. The lowest BCUT2D eigenvalue weighted by Crippen LogP contribution is -2.56. The van der Waals surface area contributed by atoms with E-state index >= 15 is 0 Å². The lowest BCUT2D eigenvalue weighted by molar-refractivity contribution is -0.0874. The normalized spacial score (nSPS) is 21.8. The molecular formula is C16H18FN3O2. The van der Waals surface area contributed by atoms with Gasteiger partial charge in [0, 0.05) is 25.4 Å². The van der Waals surface area contributed by atoms with Crippen LogP contribution in [0.2, 0.25) is 0 Å². The van der Waals surface area contributed by atoms with Crippen LogP contribution in [0, 0.1) is 5.82 Å². The van der Waals surface area contributed by atoms with Crippen molar-refractivity contribution in [2.75, 3.05) is 31.2 Å². The highest BCUT2D eigenvalue weighted by molar-refractivity contribution is 5.31. The number of nitrogens with zero attached hydrogens (tertiary/aromatic N) is 3. The van der Waals surface area contributed by atoms with E-state index in [-0.39, 0.29) is 12.4 Å². The molecule has 6 heteroatoms. The van der Waals surface area contributed by atoms with Crippen LogP contribution >= 0.6 is 0 Å². The van der Waals surface area contributed by atoms with Gasteiger partial charge in [0.25, 0.3) is 0 Å². The van der Waals surface area contributed by atoms with Gasteiger partial charge in [-0.15, -0.1) is 0 Å². The molecule has 0 saturated carbocycles. The Kier molecular flexibility index (Phi) is 4.31. The third-order valence-electron chi connectivity index (χ3n) is 3.84. The van der Waals surface area contributed by atoms with Crippen LogP contribution in [-0.2, 0) is 11.2 Å². The molecule has 5 nitrogen and oxygen atoms in total. The molecule has 0 spiro atoms. The van der Waals surface area contributed by atoms with E-state index in [4.69, 9.17) is 4.74 Å². The van der Waals surface area contributed by atoms with Crippen molar-refractivity contribution in [2.45, 2.75) is 12.0 Å². The molecule has 1 N–H and O–H groups in total. The van der Waals surface area contributed by atoms with Crippen LogP contribution in [0.3, 0.4) is 0 Å². The largest absolute Gasteiger partial charge is 0.393 e. The summed E-state index contributed by atoms with van der Waals surface area (Å²) < 4.78 is 19.7. The van der Waals surface area contributed by atoms with Crippen LogP contribution in [0.1, 0.15) is 5.56 Å². The van der Waals surface area contributed by atoms with Crippen LogP contribution in [0.25, 0.3) is 0 Å². The summed E-state index contributed by atoms with van der Waals surface area (Å²) in [5.41, 5.74) is -0.313. The van der Waals surface area contributed by atoms with Gasteiger partial charge in [-0.3, -0.25) is 0 Å². The highest BCUT2D eigenvalue weighted by atomic mass is 19.1. The Morgan fingerprint density at radius 1 is 1.23 bits per heavy atom. The number of rotatable bonds is 4. The molecule has 2 aromatic rings. The number of ether oxygens (including phenoxy) is 1. The summed E-state index contributed by atoms with van der Waals surface area (Å²) in [4.78, 5) is 10.4. The number of aromatic nitrogens is 2. The summed E-state index contributed by atoms with van der Waals surface area (Å²) in [7, 11) is 0. The lowest BCUT2D eigenvalue weighted by atomic mass is 9.93. The molecule has 1 atom stereocenters. The summed E-state index contributed by atoms with van der Waals surface area (Å²) in [6, 6.07) is 8.32. The SMILES string of the molecule is OC[C@@]1(Cc2ccccc2F)CN(c2ncccn2)CCO1. The lowest BCUT2D eigenvalue weighted by Gasteiger charge is -2.41. The Bertz CT molecular complexity index is 626. The first-order valence-electron chi connectivity index (χ1n) is 7.23. The van der Waals surface area contributed by atoms with Crippen LogP contribution in [-0.4, -0.2) is 47.0 Å². The van der Waals surface area contributed by atoms with Crippen LogP contribution in [0.5, 0.6) is 0 Å². The van der Waals surface area contributed by atoms with E-state index in [0.717, 1.165) is 0 Å². The summed E-state index contributed by atoms with van der Waals surface area (Å²) in [5.74, 6) is 0.309. The number of halogens is 1. The number of hydrogen-bond donors (Lipinski definition) is 1. The van der Waals surface area contributed by atoms with Crippen molar-refractivity contribution in [1.29, 1.82) is 0 Å². The fourth-order valence-electron chi connectivity index (χ4n) is 2.72. The zero-order valence-corrected chi connectivity index (χ0v) is 12.2. The minimum Gasteiger partial charge on any atom is -0.393 e. The van der Waals surface area contributed by atoms with E-state index in [1.165, 1.54) is 6.07 Å². The summed E-state index contributed by atoms with van der Waals surface area (Å²) in [6.07, 6.45) is 3.66. The molecule has 0 unspecified atom stereocenters. The molecule has 0 bridgehead atoms. The maximum Gasteiger partial charge on any atom is 0.225 e. The summed E-state index contributed by atoms with van der Waals surface area (Å²) in [5, 5.41) is 9.84. The van der Waals surface area contributed by atoms with Gasteiger partial charge < -0.3 is 14.7 Å². The van der Waals surface area contributed by atoms with E-state index in [1.54, 1.807) is 36.7 Å². The fraction of sp³-hybridized carbons (Fsp3) is 0.375. The Labute approximate surface area is 128 Å². The number of morpholine rings is 1. The Morgan fingerprint density at radius 2 is 2.00 bits per heavy atom. The monoisotopic (exact) mass is 303 g/mol. The van der Waals surface area contributed by atoms with Crippen molar-refractivity contribution in [3.05, 3.63) is 54.1 Å². The summed E-state index contributed by atoms with van der Waals surface area (Å²) >= 11 is 0. The number of aliphatic hydroxyl groups is 1. The molecule has 0 amide bonds. The molecule has 22 heavy (non-hydrogen) atoms. The molecule has 0 aliphatic carbocycles. The molecule has 3 rings (SSSR count). The number of anilines is 1. The molecule has 1 aromatic heterocycles. The average molecular weight is 303 g/mol. The van der Waals surface area contributed by atoms with E-state index in [1.807, 2.05) is 4.90 Å². The molecular weight excluding hydrogens is 285 g/mol. The predicted molar refractivity (Wildman–Crippen MR) is 80.1 cm³/mol. The Morgan fingerprint density at radius 3 is 2.73 bits per heavy atom. The third-order valence-corrected chi connectivity index (χ3v) is 3.84. The quantitative estimate of drug-likeness (QED) is 0.926. The van der Waals surface area contributed by atoms with Crippen molar-refractivity contribution >= 4 is 5.95 Å². The Balaban J connectivity index is 1.82. The van der Waals surface area contributed by atoms with Gasteiger partial charge in [0.2, 0.25) is 5.95 Å². The predicted octanol–water partition coefficient (Wildman–Crippen LogP) is 1.43. The van der Waals surface area contributed by atoms with E-state index in [9.17, 15) is 9.50 Å². The minimum absolute atomic E-state index is 0.190. The first kappa shape index (κ1) is 14.9. The second-order valence-corrected chi connectivity index (χ2v) is 5.43. The van der Waals surface area contributed by atoms with Gasteiger partial charge in [0.05, 0.1) is 19.8 Å².